The van der Waals surface area contributed by atoms with E-state index in [1.54, 1.807) is 0 Å². The van der Waals surface area contributed by atoms with Gasteiger partial charge in [-0.3, -0.25) is 4.79 Å². The molecular weight excluding hydrogens is 288 g/mol. The smallest absolute Gasteiger partial charge is 0.222 e. The van der Waals surface area contributed by atoms with Crippen LogP contribution < -0.4 is 10.1 Å². The summed E-state index contributed by atoms with van der Waals surface area (Å²) in [6, 6.07) is 6.65. The van der Waals surface area contributed by atoms with E-state index in [1.807, 2.05) is 7.05 Å². The molecule has 4 heteroatoms. The van der Waals surface area contributed by atoms with Crippen LogP contribution in [0.5, 0.6) is 5.75 Å². The van der Waals surface area contributed by atoms with E-state index < -0.39 is 0 Å². The second kappa shape index (κ2) is 8.92. The molecule has 23 heavy (non-hydrogen) atoms. The van der Waals surface area contributed by atoms with Crippen molar-refractivity contribution in [1.82, 2.24) is 10.2 Å². The lowest BCUT2D eigenvalue weighted by atomic mass is 10.1. The van der Waals surface area contributed by atoms with Crippen molar-refractivity contribution in [2.75, 3.05) is 26.7 Å². The Morgan fingerprint density at radius 3 is 2.96 bits per heavy atom. The predicted octanol–water partition coefficient (Wildman–Crippen LogP) is 3.06. The average molecular weight is 318 g/mol. The van der Waals surface area contributed by atoms with Gasteiger partial charge in [-0.15, -0.1) is 0 Å². The standard InChI is InChI=1S/C19H30N2O2/c1-15-9-10-16(2)18(13-15)23-12-5-4-8-19(22)21-11-6-7-17(21)14-20-3/h9-10,13,17,20H,4-8,11-12,14H2,1-3H3. The third-order valence-electron chi connectivity index (χ3n) is 4.52. The predicted molar refractivity (Wildman–Crippen MR) is 93.9 cm³/mol. The van der Waals surface area contributed by atoms with E-state index in [0.717, 1.165) is 44.5 Å². The molecule has 0 aliphatic carbocycles. The highest BCUT2D eigenvalue weighted by Crippen LogP contribution is 2.20. The molecule has 0 bridgehead atoms. The third kappa shape index (κ3) is 5.24. The normalized spacial score (nSPS) is 17.5. The molecule has 2 rings (SSSR count). The van der Waals surface area contributed by atoms with Crippen LogP contribution in [0, 0.1) is 13.8 Å². The number of hydrogen-bond acceptors (Lipinski definition) is 3. The summed E-state index contributed by atoms with van der Waals surface area (Å²) in [5, 5.41) is 3.18. The van der Waals surface area contributed by atoms with Crippen molar-refractivity contribution < 1.29 is 9.53 Å². The fraction of sp³-hybridized carbons (Fsp3) is 0.632. The van der Waals surface area contributed by atoms with Crippen LogP contribution in [0.4, 0.5) is 0 Å². The molecule has 1 saturated heterocycles. The zero-order valence-corrected chi connectivity index (χ0v) is 14.7. The fourth-order valence-electron chi connectivity index (χ4n) is 3.18. The van der Waals surface area contributed by atoms with Crippen molar-refractivity contribution in [2.45, 2.75) is 52.0 Å². The fourth-order valence-corrected chi connectivity index (χ4v) is 3.18. The van der Waals surface area contributed by atoms with Gasteiger partial charge >= 0.3 is 0 Å². The number of unbranched alkanes of at least 4 members (excludes halogenated alkanes) is 1. The first-order chi connectivity index (χ1) is 11.1. The summed E-state index contributed by atoms with van der Waals surface area (Å²) in [7, 11) is 1.95. The summed E-state index contributed by atoms with van der Waals surface area (Å²) in [6.07, 6.45) is 4.71. The van der Waals surface area contributed by atoms with Crippen LogP contribution in [0.1, 0.15) is 43.2 Å². The molecule has 1 aromatic rings. The van der Waals surface area contributed by atoms with Crippen molar-refractivity contribution in [3.8, 4) is 5.75 Å². The Morgan fingerprint density at radius 1 is 1.35 bits per heavy atom. The maximum Gasteiger partial charge on any atom is 0.222 e. The minimum absolute atomic E-state index is 0.300. The van der Waals surface area contributed by atoms with E-state index in [9.17, 15) is 4.79 Å². The van der Waals surface area contributed by atoms with Crippen LogP contribution in [-0.4, -0.2) is 43.6 Å². The number of likely N-dealkylation sites (tertiary alicyclic amines) is 1. The molecule has 1 N–H and O–H groups in total. The molecule has 0 spiro atoms. The van der Waals surface area contributed by atoms with Crippen LogP contribution >= 0.6 is 0 Å². The zero-order chi connectivity index (χ0) is 16.7. The molecule has 1 aliphatic rings. The van der Waals surface area contributed by atoms with Crippen molar-refractivity contribution in [3.05, 3.63) is 29.3 Å². The van der Waals surface area contributed by atoms with Gasteiger partial charge in [0.05, 0.1) is 6.61 Å². The number of carbonyl (C=O) groups is 1. The lowest BCUT2D eigenvalue weighted by molar-refractivity contribution is -0.132. The first kappa shape index (κ1) is 17.8. The van der Waals surface area contributed by atoms with Crippen molar-refractivity contribution in [1.29, 1.82) is 0 Å². The number of nitrogens with zero attached hydrogens (tertiary/aromatic N) is 1. The number of amides is 1. The highest BCUT2D eigenvalue weighted by molar-refractivity contribution is 5.76. The first-order valence-electron chi connectivity index (χ1n) is 8.76. The third-order valence-corrected chi connectivity index (χ3v) is 4.52. The molecule has 128 valence electrons. The Bertz CT molecular complexity index is 516. The van der Waals surface area contributed by atoms with Gasteiger partial charge in [0, 0.05) is 25.6 Å². The molecule has 1 heterocycles. The molecule has 0 saturated carbocycles. The minimum atomic E-state index is 0.300. The van der Waals surface area contributed by atoms with E-state index in [0.29, 0.717) is 25.0 Å². The van der Waals surface area contributed by atoms with Gasteiger partial charge in [-0.1, -0.05) is 12.1 Å². The zero-order valence-electron chi connectivity index (χ0n) is 14.7. The van der Waals surface area contributed by atoms with Crippen LogP contribution in [0.2, 0.25) is 0 Å². The van der Waals surface area contributed by atoms with Gasteiger partial charge < -0.3 is 15.0 Å². The number of aryl methyl sites for hydroxylation is 2. The number of hydrogen-bond donors (Lipinski definition) is 1. The number of carbonyl (C=O) groups excluding carboxylic acids is 1. The van der Waals surface area contributed by atoms with Crippen molar-refractivity contribution in [3.63, 3.8) is 0 Å². The average Bonchev–Trinajstić information content (AvgIpc) is 2.99. The van der Waals surface area contributed by atoms with Gasteiger partial charge in [-0.05, 0) is 63.8 Å². The molecule has 1 amide bonds. The number of nitrogens with one attached hydrogen (secondary N) is 1. The largest absolute Gasteiger partial charge is 0.493 e. The Hall–Kier alpha value is -1.55. The lowest BCUT2D eigenvalue weighted by Gasteiger charge is -2.24. The quantitative estimate of drug-likeness (QED) is 0.749. The molecule has 1 aromatic carbocycles. The summed E-state index contributed by atoms with van der Waals surface area (Å²) in [6.45, 7) is 6.64. The summed E-state index contributed by atoms with van der Waals surface area (Å²) in [5.41, 5.74) is 2.38. The minimum Gasteiger partial charge on any atom is -0.493 e. The van der Waals surface area contributed by atoms with Crippen molar-refractivity contribution >= 4 is 5.91 Å². The van der Waals surface area contributed by atoms with Gasteiger partial charge in [0.25, 0.3) is 0 Å². The van der Waals surface area contributed by atoms with E-state index in [1.165, 1.54) is 11.1 Å². The molecule has 0 aromatic heterocycles. The van der Waals surface area contributed by atoms with E-state index >= 15 is 0 Å². The topological polar surface area (TPSA) is 41.6 Å². The van der Waals surface area contributed by atoms with E-state index in [-0.39, 0.29) is 0 Å². The van der Waals surface area contributed by atoms with Gasteiger partial charge in [0.15, 0.2) is 0 Å². The summed E-state index contributed by atoms with van der Waals surface area (Å²) < 4.78 is 5.85. The van der Waals surface area contributed by atoms with Gasteiger partial charge in [0.2, 0.25) is 5.91 Å². The maximum atomic E-state index is 12.3. The highest BCUT2D eigenvalue weighted by Gasteiger charge is 2.27. The van der Waals surface area contributed by atoms with Crippen LogP contribution in [0.15, 0.2) is 18.2 Å². The van der Waals surface area contributed by atoms with Crippen LogP contribution in [0.3, 0.4) is 0 Å². The summed E-state index contributed by atoms with van der Waals surface area (Å²) in [4.78, 5) is 14.4. The molecule has 0 radical (unpaired) electrons. The Morgan fingerprint density at radius 2 is 2.17 bits per heavy atom. The molecule has 1 atom stereocenters. The van der Waals surface area contributed by atoms with E-state index in [2.05, 4.69) is 42.3 Å². The first-order valence-corrected chi connectivity index (χ1v) is 8.76. The lowest BCUT2D eigenvalue weighted by Crippen LogP contribution is -2.40. The molecule has 1 unspecified atom stereocenters. The number of rotatable bonds is 8. The highest BCUT2D eigenvalue weighted by atomic mass is 16.5. The molecule has 1 fully saturated rings. The monoisotopic (exact) mass is 318 g/mol. The Balaban J connectivity index is 1.67. The molecule has 4 nitrogen and oxygen atoms in total. The molecule has 1 aliphatic heterocycles. The Kier molecular flexibility index (Phi) is 6.90. The Labute approximate surface area is 140 Å². The van der Waals surface area contributed by atoms with Gasteiger partial charge in [0.1, 0.15) is 5.75 Å². The second-order valence-corrected chi connectivity index (χ2v) is 6.52. The van der Waals surface area contributed by atoms with Crippen molar-refractivity contribution in [2.24, 2.45) is 0 Å². The van der Waals surface area contributed by atoms with Gasteiger partial charge in [-0.25, -0.2) is 0 Å². The SMILES string of the molecule is CNCC1CCCN1C(=O)CCCCOc1cc(C)ccc1C. The molecular formula is C19H30N2O2. The summed E-state index contributed by atoms with van der Waals surface area (Å²) in [5.74, 6) is 1.26. The van der Waals surface area contributed by atoms with Crippen LogP contribution in [0.25, 0.3) is 0 Å². The summed E-state index contributed by atoms with van der Waals surface area (Å²) >= 11 is 0. The van der Waals surface area contributed by atoms with E-state index in [4.69, 9.17) is 4.74 Å². The van der Waals surface area contributed by atoms with Gasteiger partial charge in [-0.2, -0.15) is 0 Å². The van der Waals surface area contributed by atoms with Crippen LogP contribution in [-0.2, 0) is 4.79 Å². The maximum absolute atomic E-state index is 12.3. The number of ether oxygens (including phenoxy) is 1. The second-order valence-electron chi connectivity index (χ2n) is 6.52. The number of likely N-dealkylation sites (N-methyl/N-ethyl adjacent to an activating group) is 1. The number of benzene rings is 1.